The first kappa shape index (κ1) is 17.3. The molecular formula is C14H13ClF3N3O2. The maximum absolute atomic E-state index is 12.8. The van der Waals surface area contributed by atoms with Gasteiger partial charge in [-0.15, -0.1) is 10.2 Å². The van der Waals surface area contributed by atoms with Crippen molar-refractivity contribution >= 4 is 17.5 Å². The summed E-state index contributed by atoms with van der Waals surface area (Å²) >= 11 is 5.85. The van der Waals surface area contributed by atoms with Gasteiger partial charge in [-0.2, -0.15) is 13.2 Å². The summed E-state index contributed by atoms with van der Waals surface area (Å²) in [6.45, 7) is 1.80. The zero-order valence-electron chi connectivity index (χ0n) is 12.3. The monoisotopic (exact) mass is 347 g/mol. The first-order chi connectivity index (χ1) is 10.7. The summed E-state index contributed by atoms with van der Waals surface area (Å²) in [5.74, 6) is -0.0592. The lowest BCUT2D eigenvalue weighted by molar-refractivity contribution is -0.137. The molecule has 0 saturated heterocycles. The molecule has 0 saturated carbocycles. The molecule has 0 atom stereocenters. The predicted octanol–water partition coefficient (Wildman–Crippen LogP) is 3.58. The maximum atomic E-state index is 12.8. The van der Waals surface area contributed by atoms with E-state index in [1.54, 1.807) is 0 Å². The summed E-state index contributed by atoms with van der Waals surface area (Å²) in [6, 6.07) is 2.60. The van der Waals surface area contributed by atoms with E-state index in [-0.39, 0.29) is 23.0 Å². The van der Waals surface area contributed by atoms with Crippen molar-refractivity contribution in [1.29, 1.82) is 0 Å². The highest BCUT2D eigenvalue weighted by molar-refractivity contribution is 6.33. The van der Waals surface area contributed by atoms with Crippen LogP contribution in [0, 0.1) is 0 Å². The van der Waals surface area contributed by atoms with Gasteiger partial charge in [-0.3, -0.25) is 4.79 Å². The Morgan fingerprint density at radius 3 is 2.52 bits per heavy atom. The summed E-state index contributed by atoms with van der Waals surface area (Å²) in [5.41, 5.74) is -1.18. The third-order valence-corrected chi connectivity index (χ3v) is 3.38. The number of halogens is 4. The van der Waals surface area contributed by atoms with E-state index in [0.717, 1.165) is 23.1 Å². The van der Waals surface area contributed by atoms with Crippen LogP contribution in [0.5, 0.6) is 0 Å². The fourth-order valence-corrected chi connectivity index (χ4v) is 2.04. The van der Waals surface area contributed by atoms with Crippen molar-refractivity contribution < 1.29 is 22.4 Å². The second-order valence-corrected chi connectivity index (χ2v) is 5.20. The van der Waals surface area contributed by atoms with Crippen molar-refractivity contribution in [2.75, 3.05) is 7.05 Å². The van der Waals surface area contributed by atoms with Crippen molar-refractivity contribution in [3.63, 3.8) is 0 Å². The number of nitrogens with zero attached hydrogens (tertiary/aromatic N) is 3. The molecule has 1 amide bonds. The van der Waals surface area contributed by atoms with Gasteiger partial charge in [-0.1, -0.05) is 18.5 Å². The van der Waals surface area contributed by atoms with Crippen LogP contribution in [0.1, 0.15) is 34.6 Å². The zero-order chi connectivity index (χ0) is 17.2. The second-order valence-electron chi connectivity index (χ2n) is 4.80. The Morgan fingerprint density at radius 2 is 1.96 bits per heavy atom. The van der Waals surface area contributed by atoms with Crippen molar-refractivity contribution in [3.8, 4) is 0 Å². The van der Waals surface area contributed by atoms with Crippen molar-refractivity contribution in [2.45, 2.75) is 26.1 Å². The molecule has 0 fully saturated rings. The van der Waals surface area contributed by atoms with Crippen LogP contribution in [-0.2, 0) is 19.1 Å². The highest BCUT2D eigenvalue weighted by atomic mass is 35.5. The number of rotatable bonds is 4. The normalized spacial score (nSPS) is 11.6. The molecular weight excluding hydrogens is 335 g/mol. The van der Waals surface area contributed by atoms with E-state index < -0.39 is 17.6 Å². The lowest BCUT2D eigenvalue weighted by Gasteiger charge is -2.17. The van der Waals surface area contributed by atoms with Crippen LogP contribution in [0.3, 0.4) is 0 Å². The number of aromatic nitrogens is 2. The lowest BCUT2D eigenvalue weighted by atomic mass is 10.1. The van der Waals surface area contributed by atoms with Gasteiger partial charge in [0.25, 0.3) is 5.91 Å². The number of alkyl halides is 3. The van der Waals surface area contributed by atoms with Crippen LogP contribution in [0.15, 0.2) is 22.6 Å². The minimum atomic E-state index is -4.55. The van der Waals surface area contributed by atoms with Gasteiger partial charge in [0.2, 0.25) is 11.8 Å². The molecule has 0 unspecified atom stereocenters. The van der Waals surface area contributed by atoms with E-state index in [9.17, 15) is 18.0 Å². The highest BCUT2D eigenvalue weighted by Gasteiger charge is 2.32. The molecule has 2 aromatic rings. The number of hydrogen-bond donors (Lipinski definition) is 0. The standard InChI is InChI=1S/C14H13ClF3N3O2/c1-3-11-19-20-12(23-11)7-21(2)13(22)9-6-8(14(16,17)18)4-5-10(9)15/h4-6H,3,7H2,1-2H3. The number of amides is 1. The van der Waals surface area contributed by atoms with Gasteiger partial charge in [0.15, 0.2) is 0 Å². The molecule has 23 heavy (non-hydrogen) atoms. The third kappa shape index (κ3) is 4.01. The molecule has 5 nitrogen and oxygen atoms in total. The van der Waals surface area contributed by atoms with E-state index >= 15 is 0 Å². The Balaban J connectivity index is 2.21. The van der Waals surface area contributed by atoms with Crippen LogP contribution in [0.25, 0.3) is 0 Å². The number of hydrogen-bond acceptors (Lipinski definition) is 4. The van der Waals surface area contributed by atoms with Crippen LogP contribution in [-0.4, -0.2) is 28.1 Å². The minimum absolute atomic E-state index is 0.0294. The van der Waals surface area contributed by atoms with Gasteiger partial charge >= 0.3 is 6.18 Å². The zero-order valence-corrected chi connectivity index (χ0v) is 13.1. The molecule has 1 heterocycles. The first-order valence-electron chi connectivity index (χ1n) is 6.65. The third-order valence-electron chi connectivity index (χ3n) is 3.05. The summed E-state index contributed by atoms with van der Waals surface area (Å²) in [5, 5.41) is 7.45. The van der Waals surface area contributed by atoms with E-state index in [1.807, 2.05) is 6.92 Å². The summed E-state index contributed by atoms with van der Waals surface area (Å²) < 4.78 is 43.5. The number of carbonyl (C=O) groups is 1. The quantitative estimate of drug-likeness (QED) is 0.848. The number of benzene rings is 1. The summed E-state index contributed by atoms with van der Waals surface area (Å²) in [4.78, 5) is 13.5. The van der Waals surface area contributed by atoms with Crippen molar-refractivity contribution in [3.05, 3.63) is 46.1 Å². The molecule has 1 aromatic carbocycles. The molecule has 0 aliphatic rings. The van der Waals surface area contributed by atoms with E-state index in [4.69, 9.17) is 16.0 Å². The van der Waals surface area contributed by atoms with Gasteiger partial charge in [-0.25, -0.2) is 0 Å². The molecule has 2 rings (SSSR count). The predicted molar refractivity (Wildman–Crippen MR) is 75.9 cm³/mol. The minimum Gasteiger partial charge on any atom is -0.423 e. The second kappa shape index (κ2) is 6.57. The molecule has 124 valence electrons. The Kier molecular flexibility index (Phi) is 4.93. The lowest BCUT2D eigenvalue weighted by Crippen LogP contribution is -2.27. The van der Waals surface area contributed by atoms with Crippen LogP contribution >= 0.6 is 11.6 Å². The van der Waals surface area contributed by atoms with Gasteiger partial charge < -0.3 is 9.32 Å². The SMILES string of the molecule is CCc1nnc(CN(C)C(=O)c2cc(C(F)(F)F)ccc2Cl)o1. The van der Waals surface area contributed by atoms with Gasteiger partial charge in [0, 0.05) is 13.5 Å². The number of carbonyl (C=O) groups excluding carboxylic acids is 1. The molecule has 9 heteroatoms. The van der Waals surface area contributed by atoms with Crippen molar-refractivity contribution in [1.82, 2.24) is 15.1 Å². The van der Waals surface area contributed by atoms with E-state index in [0.29, 0.717) is 12.3 Å². The van der Waals surface area contributed by atoms with Gasteiger partial charge in [0.05, 0.1) is 22.7 Å². The maximum Gasteiger partial charge on any atom is 0.416 e. The van der Waals surface area contributed by atoms with Gasteiger partial charge in [-0.05, 0) is 18.2 Å². The smallest absolute Gasteiger partial charge is 0.416 e. The molecule has 1 aromatic heterocycles. The molecule has 0 bridgehead atoms. The van der Waals surface area contributed by atoms with Crippen LogP contribution in [0.2, 0.25) is 5.02 Å². The highest BCUT2D eigenvalue weighted by Crippen LogP contribution is 2.32. The number of aryl methyl sites for hydroxylation is 1. The molecule has 0 aliphatic heterocycles. The average molecular weight is 348 g/mol. The molecule has 0 N–H and O–H groups in total. The van der Waals surface area contributed by atoms with Crippen molar-refractivity contribution in [2.24, 2.45) is 0 Å². The summed E-state index contributed by atoms with van der Waals surface area (Å²) in [6.07, 6.45) is -4.01. The first-order valence-corrected chi connectivity index (χ1v) is 7.03. The molecule has 0 spiro atoms. The topological polar surface area (TPSA) is 59.2 Å². The largest absolute Gasteiger partial charge is 0.423 e. The average Bonchev–Trinajstić information content (AvgIpc) is 2.93. The molecule has 0 aliphatic carbocycles. The van der Waals surface area contributed by atoms with Gasteiger partial charge in [0.1, 0.15) is 0 Å². The van der Waals surface area contributed by atoms with E-state index in [2.05, 4.69) is 10.2 Å². The Morgan fingerprint density at radius 1 is 1.30 bits per heavy atom. The summed E-state index contributed by atoms with van der Waals surface area (Å²) in [7, 11) is 1.41. The van der Waals surface area contributed by atoms with Crippen LogP contribution < -0.4 is 0 Å². The van der Waals surface area contributed by atoms with E-state index in [1.165, 1.54) is 7.05 Å². The fraction of sp³-hybridized carbons (Fsp3) is 0.357. The fourth-order valence-electron chi connectivity index (χ4n) is 1.84. The van der Waals surface area contributed by atoms with Crippen LogP contribution in [0.4, 0.5) is 13.2 Å². The Hall–Kier alpha value is -2.09. The Bertz CT molecular complexity index is 716. The molecule has 0 radical (unpaired) electrons. The Labute approximate surface area is 135 Å².